The fourth-order valence-electron chi connectivity index (χ4n) is 2.64. The molecule has 1 atom stereocenters. The number of nitrogens with one attached hydrogen (secondary N) is 2. The van der Waals surface area contributed by atoms with Gasteiger partial charge in [0.1, 0.15) is 5.82 Å². The number of nitrogens with zero attached hydrogens (tertiary/aromatic N) is 3. The van der Waals surface area contributed by atoms with Crippen LogP contribution in [-0.2, 0) is 6.18 Å². The Morgan fingerprint density at radius 2 is 1.76 bits per heavy atom. The van der Waals surface area contributed by atoms with E-state index in [2.05, 4.69) is 25.6 Å². The fraction of sp³-hybridized carbons (Fsp3) is 0.286. The molecule has 0 bridgehead atoms. The first-order valence-corrected chi connectivity index (χ1v) is 9.27. The van der Waals surface area contributed by atoms with Crippen LogP contribution in [0.25, 0.3) is 11.3 Å². The van der Waals surface area contributed by atoms with E-state index in [-0.39, 0.29) is 6.04 Å². The van der Waals surface area contributed by atoms with Gasteiger partial charge in [0.15, 0.2) is 0 Å². The number of hydrogen-bond acceptors (Lipinski definition) is 5. The summed E-state index contributed by atoms with van der Waals surface area (Å²) in [4.78, 5) is 13.0. The zero-order chi connectivity index (χ0) is 21.0. The molecule has 5 nitrogen and oxygen atoms in total. The predicted octanol–water partition coefficient (Wildman–Crippen LogP) is 5.82. The molecule has 2 N–H and O–H groups in total. The highest BCUT2D eigenvalue weighted by Gasteiger charge is 2.30. The van der Waals surface area contributed by atoms with Gasteiger partial charge in [-0.15, -0.1) is 0 Å². The molecule has 2 heterocycles. The molecule has 0 radical (unpaired) electrons. The zero-order valence-corrected chi connectivity index (χ0v) is 16.4. The monoisotopic (exact) mass is 401 g/mol. The molecule has 2 aromatic heterocycles. The molecular weight excluding hydrogens is 379 g/mol. The normalized spacial score (nSPS) is 12.5. The molecule has 0 fully saturated rings. The average molecular weight is 401 g/mol. The van der Waals surface area contributed by atoms with Crippen molar-refractivity contribution >= 4 is 17.5 Å². The number of halogens is 3. The SMILES string of the molecule is CC[C@@H](C)Nc1nc(Nc2cc(C(F)(F)F)ccc2C)cc(-c2ccncc2)n1. The van der Waals surface area contributed by atoms with Crippen LogP contribution in [0.4, 0.5) is 30.6 Å². The van der Waals surface area contributed by atoms with Crippen LogP contribution in [0.1, 0.15) is 31.4 Å². The molecule has 1 aromatic carbocycles. The van der Waals surface area contributed by atoms with Crippen LogP contribution in [0, 0.1) is 6.92 Å². The van der Waals surface area contributed by atoms with Gasteiger partial charge in [-0.2, -0.15) is 18.2 Å². The van der Waals surface area contributed by atoms with E-state index in [1.807, 2.05) is 26.0 Å². The second-order valence-corrected chi connectivity index (χ2v) is 6.80. The minimum atomic E-state index is -4.42. The molecule has 0 aliphatic carbocycles. The number of anilines is 3. The number of aryl methyl sites for hydroxylation is 1. The van der Waals surface area contributed by atoms with Crippen molar-refractivity contribution in [2.24, 2.45) is 0 Å². The van der Waals surface area contributed by atoms with Gasteiger partial charge < -0.3 is 10.6 Å². The van der Waals surface area contributed by atoms with Gasteiger partial charge in [0.05, 0.1) is 11.3 Å². The van der Waals surface area contributed by atoms with E-state index >= 15 is 0 Å². The maximum Gasteiger partial charge on any atom is 0.416 e. The molecule has 0 aliphatic rings. The Labute approximate surface area is 167 Å². The van der Waals surface area contributed by atoms with Crippen LogP contribution in [0.5, 0.6) is 0 Å². The number of alkyl halides is 3. The van der Waals surface area contributed by atoms with Gasteiger partial charge in [0.25, 0.3) is 0 Å². The van der Waals surface area contributed by atoms with Crippen LogP contribution in [0.3, 0.4) is 0 Å². The summed E-state index contributed by atoms with van der Waals surface area (Å²) in [5.41, 5.74) is 1.78. The number of pyridine rings is 1. The highest BCUT2D eigenvalue weighted by atomic mass is 19.4. The highest BCUT2D eigenvalue weighted by molar-refractivity contribution is 5.68. The standard InChI is InChI=1S/C21H22F3N5/c1-4-14(3)26-20-28-18(15-7-9-25-10-8-15)12-19(29-20)27-17-11-16(21(22,23)24)6-5-13(17)2/h5-12,14H,4H2,1-3H3,(H2,26,27,28,29)/t14-/m1/s1. The van der Waals surface area contributed by atoms with Gasteiger partial charge in [-0.3, -0.25) is 4.98 Å². The highest BCUT2D eigenvalue weighted by Crippen LogP contribution is 2.33. The smallest absolute Gasteiger partial charge is 0.352 e. The van der Waals surface area contributed by atoms with Crippen molar-refractivity contribution in [3.63, 3.8) is 0 Å². The minimum Gasteiger partial charge on any atom is -0.352 e. The fourth-order valence-corrected chi connectivity index (χ4v) is 2.64. The quantitative estimate of drug-likeness (QED) is 0.545. The summed E-state index contributed by atoms with van der Waals surface area (Å²) in [7, 11) is 0. The Kier molecular flexibility index (Phi) is 6.00. The molecule has 8 heteroatoms. The minimum absolute atomic E-state index is 0.144. The second-order valence-electron chi connectivity index (χ2n) is 6.80. The summed E-state index contributed by atoms with van der Waals surface area (Å²) in [5, 5.41) is 6.24. The molecule has 3 rings (SSSR count). The predicted molar refractivity (Wildman–Crippen MR) is 108 cm³/mol. The van der Waals surface area contributed by atoms with Gasteiger partial charge >= 0.3 is 6.18 Å². The lowest BCUT2D eigenvalue weighted by Crippen LogP contribution is -2.16. The molecule has 29 heavy (non-hydrogen) atoms. The van der Waals surface area contributed by atoms with Gasteiger partial charge in [-0.25, -0.2) is 4.98 Å². The summed E-state index contributed by atoms with van der Waals surface area (Å²) < 4.78 is 39.3. The van der Waals surface area contributed by atoms with Crippen LogP contribution in [-0.4, -0.2) is 21.0 Å². The van der Waals surface area contributed by atoms with E-state index in [1.54, 1.807) is 25.4 Å². The van der Waals surface area contributed by atoms with Crippen molar-refractivity contribution in [3.8, 4) is 11.3 Å². The second kappa shape index (κ2) is 8.46. The number of hydrogen-bond donors (Lipinski definition) is 2. The Balaban J connectivity index is 2.01. The molecule has 3 aromatic rings. The first-order valence-electron chi connectivity index (χ1n) is 9.27. The van der Waals surface area contributed by atoms with Crippen LogP contribution in [0.15, 0.2) is 48.8 Å². The number of benzene rings is 1. The Hall–Kier alpha value is -3.16. The number of rotatable bonds is 6. The molecule has 152 valence electrons. The largest absolute Gasteiger partial charge is 0.416 e. The lowest BCUT2D eigenvalue weighted by atomic mass is 10.1. The molecule has 0 amide bonds. The van der Waals surface area contributed by atoms with Crippen molar-refractivity contribution in [2.75, 3.05) is 10.6 Å². The maximum atomic E-state index is 13.1. The molecule has 0 aliphatic heterocycles. The molecule has 0 saturated carbocycles. The third kappa shape index (κ3) is 5.22. The maximum absolute atomic E-state index is 13.1. The van der Waals surface area contributed by atoms with Gasteiger partial charge in [-0.05, 0) is 50.1 Å². The van der Waals surface area contributed by atoms with Crippen molar-refractivity contribution in [1.82, 2.24) is 15.0 Å². The van der Waals surface area contributed by atoms with E-state index in [4.69, 9.17) is 0 Å². The van der Waals surface area contributed by atoms with E-state index in [0.29, 0.717) is 28.7 Å². The van der Waals surface area contributed by atoms with Crippen molar-refractivity contribution < 1.29 is 13.2 Å². The summed E-state index contributed by atoms with van der Waals surface area (Å²) in [5.74, 6) is 0.806. The van der Waals surface area contributed by atoms with Gasteiger partial charge in [0.2, 0.25) is 5.95 Å². The molecule has 0 unspecified atom stereocenters. The van der Waals surface area contributed by atoms with Gasteiger partial charge in [-0.1, -0.05) is 13.0 Å². The van der Waals surface area contributed by atoms with Crippen molar-refractivity contribution in [1.29, 1.82) is 0 Å². The summed E-state index contributed by atoms with van der Waals surface area (Å²) in [6.07, 6.45) is -0.230. The van der Waals surface area contributed by atoms with Crippen LogP contribution < -0.4 is 10.6 Å². The first-order chi connectivity index (χ1) is 13.8. The zero-order valence-electron chi connectivity index (χ0n) is 16.4. The Morgan fingerprint density at radius 3 is 2.41 bits per heavy atom. The summed E-state index contributed by atoms with van der Waals surface area (Å²) in [6.45, 7) is 5.79. The Bertz CT molecular complexity index is 974. The molecular formula is C21H22F3N5. The number of aromatic nitrogens is 3. The summed E-state index contributed by atoms with van der Waals surface area (Å²) in [6, 6.07) is 9.07. The molecule has 0 spiro atoms. The van der Waals surface area contributed by atoms with Crippen molar-refractivity contribution in [3.05, 3.63) is 59.9 Å². The van der Waals surface area contributed by atoms with Gasteiger partial charge in [0, 0.05) is 35.8 Å². The van der Waals surface area contributed by atoms with E-state index in [9.17, 15) is 13.2 Å². The summed E-state index contributed by atoms with van der Waals surface area (Å²) >= 11 is 0. The van der Waals surface area contributed by atoms with Crippen LogP contribution >= 0.6 is 0 Å². The first kappa shape index (κ1) is 20.6. The third-order valence-electron chi connectivity index (χ3n) is 4.52. The average Bonchev–Trinajstić information content (AvgIpc) is 2.69. The van der Waals surface area contributed by atoms with Crippen LogP contribution in [0.2, 0.25) is 0 Å². The third-order valence-corrected chi connectivity index (χ3v) is 4.52. The van der Waals surface area contributed by atoms with Crippen molar-refractivity contribution in [2.45, 2.75) is 39.4 Å². The van der Waals surface area contributed by atoms with E-state index in [0.717, 1.165) is 24.1 Å². The Morgan fingerprint density at radius 1 is 1.03 bits per heavy atom. The lowest BCUT2D eigenvalue weighted by Gasteiger charge is -2.16. The molecule has 0 saturated heterocycles. The van der Waals surface area contributed by atoms with E-state index < -0.39 is 11.7 Å². The van der Waals surface area contributed by atoms with E-state index in [1.165, 1.54) is 6.07 Å². The topological polar surface area (TPSA) is 62.7 Å². The lowest BCUT2D eigenvalue weighted by molar-refractivity contribution is -0.137.